The van der Waals surface area contributed by atoms with Crippen LogP contribution in [-0.2, 0) is 9.84 Å². The SMILES string of the molecule is CS(=O)(=O)C1CCCC(N2C[C@@H]3CCCN[C@@H]3C2)C1. The minimum absolute atomic E-state index is 0.0955. The summed E-state index contributed by atoms with van der Waals surface area (Å²) in [5, 5.41) is 3.54. The summed E-state index contributed by atoms with van der Waals surface area (Å²) in [6.07, 6.45) is 8.03. The highest BCUT2D eigenvalue weighted by Crippen LogP contribution is 2.33. The molecule has 19 heavy (non-hydrogen) atoms. The van der Waals surface area contributed by atoms with Gasteiger partial charge < -0.3 is 5.32 Å². The van der Waals surface area contributed by atoms with Crippen LogP contribution >= 0.6 is 0 Å². The van der Waals surface area contributed by atoms with Crippen molar-refractivity contribution in [1.29, 1.82) is 0 Å². The number of likely N-dealkylation sites (tertiary alicyclic amines) is 1. The zero-order chi connectivity index (χ0) is 13.5. The fourth-order valence-electron chi connectivity index (χ4n) is 4.22. The van der Waals surface area contributed by atoms with Crippen molar-refractivity contribution in [3.8, 4) is 0 Å². The van der Waals surface area contributed by atoms with Crippen LogP contribution in [0.2, 0.25) is 0 Å². The van der Waals surface area contributed by atoms with E-state index in [1.807, 2.05) is 0 Å². The molecular weight excluding hydrogens is 260 g/mol. The maximum atomic E-state index is 11.8. The van der Waals surface area contributed by atoms with E-state index in [1.165, 1.54) is 32.1 Å². The molecule has 4 atom stereocenters. The second-order valence-corrected chi connectivity index (χ2v) is 9.01. The van der Waals surface area contributed by atoms with Crippen LogP contribution in [0.3, 0.4) is 0 Å². The van der Waals surface area contributed by atoms with Gasteiger partial charge in [0.15, 0.2) is 0 Å². The number of sulfone groups is 1. The quantitative estimate of drug-likeness (QED) is 0.823. The van der Waals surface area contributed by atoms with Crippen molar-refractivity contribution in [2.75, 3.05) is 25.9 Å². The third kappa shape index (κ3) is 2.98. The molecule has 3 fully saturated rings. The Morgan fingerprint density at radius 3 is 2.68 bits per heavy atom. The molecule has 4 nitrogen and oxygen atoms in total. The number of hydrogen-bond donors (Lipinski definition) is 1. The Labute approximate surface area is 116 Å². The molecule has 5 heteroatoms. The number of hydrogen-bond acceptors (Lipinski definition) is 4. The minimum atomic E-state index is -2.86. The van der Waals surface area contributed by atoms with Gasteiger partial charge in [-0.3, -0.25) is 4.90 Å². The summed E-state index contributed by atoms with van der Waals surface area (Å²) in [6.45, 7) is 3.47. The van der Waals surface area contributed by atoms with Gasteiger partial charge in [0, 0.05) is 31.4 Å². The highest BCUT2D eigenvalue weighted by molar-refractivity contribution is 7.91. The average molecular weight is 286 g/mol. The van der Waals surface area contributed by atoms with Crippen LogP contribution in [0.15, 0.2) is 0 Å². The van der Waals surface area contributed by atoms with Crippen LogP contribution < -0.4 is 5.32 Å². The standard InChI is InChI=1S/C14H26N2O2S/c1-19(17,18)13-6-2-5-12(8-13)16-9-11-4-3-7-15-14(11)10-16/h11-15H,2-10H2,1H3/t11-,12?,13?,14+/m0/s1. The van der Waals surface area contributed by atoms with Gasteiger partial charge in [-0.15, -0.1) is 0 Å². The van der Waals surface area contributed by atoms with E-state index >= 15 is 0 Å². The first kappa shape index (κ1) is 13.8. The van der Waals surface area contributed by atoms with Crippen molar-refractivity contribution in [3.05, 3.63) is 0 Å². The van der Waals surface area contributed by atoms with Gasteiger partial charge in [-0.2, -0.15) is 0 Å². The van der Waals surface area contributed by atoms with Gasteiger partial charge in [-0.05, 0) is 44.6 Å². The Hall–Kier alpha value is -0.130. The number of fused-ring (bicyclic) bond motifs is 1. The molecule has 2 unspecified atom stereocenters. The average Bonchev–Trinajstić information content (AvgIpc) is 2.81. The summed E-state index contributed by atoms with van der Waals surface area (Å²) in [5.41, 5.74) is 0. The van der Waals surface area contributed by atoms with Crippen LogP contribution in [0.5, 0.6) is 0 Å². The van der Waals surface area contributed by atoms with Crippen LogP contribution in [0.25, 0.3) is 0 Å². The van der Waals surface area contributed by atoms with E-state index in [0.29, 0.717) is 12.1 Å². The van der Waals surface area contributed by atoms with Crippen molar-refractivity contribution >= 4 is 9.84 Å². The normalized spacial score (nSPS) is 41.1. The Balaban J connectivity index is 1.63. The van der Waals surface area contributed by atoms with Gasteiger partial charge in [0.2, 0.25) is 0 Å². The lowest BCUT2D eigenvalue weighted by Gasteiger charge is -2.34. The molecule has 1 N–H and O–H groups in total. The van der Waals surface area contributed by atoms with E-state index in [2.05, 4.69) is 10.2 Å². The van der Waals surface area contributed by atoms with E-state index in [-0.39, 0.29) is 5.25 Å². The molecule has 1 aliphatic carbocycles. The van der Waals surface area contributed by atoms with E-state index in [9.17, 15) is 8.42 Å². The lowest BCUT2D eigenvalue weighted by Crippen LogP contribution is -2.43. The van der Waals surface area contributed by atoms with Crippen molar-refractivity contribution in [1.82, 2.24) is 10.2 Å². The van der Waals surface area contributed by atoms with Crippen molar-refractivity contribution in [2.24, 2.45) is 5.92 Å². The molecule has 2 aliphatic heterocycles. The largest absolute Gasteiger partial charge is 0.312 e. The first-order chi connectivity index (χ1) is 9.04. The molecule has 0 aromatic carbocycles. The highest BCUT2D eigenvalue weighted by atomic mass is 32.2. The molecule has 1 saturated carbocycles. The van der Waals surface area contributed by atoms with Gasteiger partial charge in [-0.25, -0.2) is 8.42 Å². The number of rotatable bonds is 2. The molecule has 3 rings (SSSR count). The Kier molecular flexibility index (Phi) is 3.89. The zero-order valence-electron chi connectivity index (χ0n) is 11.8. The van der Waals surface area contributed by atoms with Gasteiger partial charge in [0.25, 0.3) is 0 Å². The number of piperidine rings is 1. The lowest BCUT2D eigenvalue weighted by molar-refractivity contribution is 0.185. The molecule has 3 aliphatic rings. The first-order valence-electron chi connectivity index (χ1n) is 7.70. The van der Waals surface area contributed by atoms with Crippen LogP contribution in [0, 0.1) is 5.92 Å². The van der Waals surface area contributed by atoms with Crippen molar-refractivity contribution in [3.63, 3.8) is 0 Å². The molecular formula is C14H26N2O2S. The second kappa shape index (κ2) is 5.34. The van der Waals surface area contributed by atoms with Crippen molar-refractivity contribution in [2.45, 2.75) is 55.9 Å². The summed E-state index contributed by atoms with van der Waals surface area (Å²) in [4.78, 5) is 2.57. The molecule has 0 aromatic heterocycles. The van der Waals surface area contributed by atoms with Gasteiger partial charge in [0.1, 0.15) is 9.84 Å². The highest BCUT2D eigenvalue weighted by Gasteiger charge is 2.39. The van der Waals surface area contributed by atoms with E-state index < -0.39 is 9.84 Å². The van der Waals surface area contributed by atoms with Gasteiger partial charge in [-0.1, -0.05) is 6.42 Å². The maximum absolute atomic E-state index is 11.8. The monoisotopic (exact) mass is 286 g/mol. The predicted molar refractivity (Wildman–Crippen MR) is 77.0 cm³/mol. The Morgan fingerprint density at radius 1 is 1.11 bits per heavy atom. The maximum Gasteiger partial charge on any atom is 0.150 e. The van der Waals surface area contributed by atoms with Gasteiger partial charge >= 0.3 is 0 Å². The zero-order valence-corrected chi connectivity index (χ0v) is 12.7. The Morgan fingerprint density at radius 2 is 1.95 bits per heavy atom. The summed E-state index contributed by atoms with van der Waals surface area (Å²) in [6, 6.07) is 1.16. The molecule has 110 valence electrons. The molecule has 0 spiro atoms. The van der Waals surface area contributed by atoms with Crippen LogP contribution in [0.4, 0.5) is 0 Å². The second-order valence-electron chi connectivity index (χ2n) is 6.69. The fourth-order valence-corrected chi connectivity index (χ4v) is 5.39. The third-order valence-corrected chi connectivity index (χ3v) is 6.99. The number of nitrogens with zero attached hydrogens (tertiary/aromatic N) is 1. The Bertz CT molecular complexity index is 409. The van der Waals surface area contributed by atoms with Crippen molar-refractivity contribution < 1.29 is 8.42 Å². The topological polar surface area (TPSA) is 49.4 Å². The summed E-state index contributed by atoms with van der Waals surface area (Å²) in [7, 11) is -2.86. The molecule has 0 bridgehead atoms. The fraction of sp³-hybridized carbons (Fsp3) is 1.00. The lowest BCUT2D eigenvalue weighted by atomic mass is 9.93. The van der Waals surface area contributed by atoms with Gasteiger partial charge in [0.05, 0.1) is 5.25 Å². The van der Waals surface area contributed by atoms with Crippen LogP contribution in [-0.4, -0.2) is 56.5 Å². The molecule has 0 aromatic rings. The first-order valence-corrected chi connectivity index (χ1v) is 9.66. The van der Waals surface area contributed by atoms with Crippen LogP contribution in [0.1, 0.15) is 38.5 Å². The smallest absolute Gasteiger partial charge is 0.150 e. The van der Waals surface area contributed by atoms with E-state index in [0.717, 1.165) is 38.3 Å². The molecule has 0 radical (unpaired) electrons. The van der Waals surface area contributed by atoms with E-state index in [4.69, 9.17) is 0 Å². The third-order valence-electron chi connectivity index (χ3n) is 5.35. The summed E-state index contributed by atoms with van der Waals surface area (Å²) < 4.78 is 23.5. The van der Waals surface area contributed by atoms with E-state index in [1.54, 1.807) is 0 Å². The minimum Gasteiger partial charge on any atom is -0.312 e. The molecule has 2 heterocycles. The molecule has 0 amide bonds. The summed E-state index contributed by atoms with van der Waals surface area (Å²) >= 11 is 0. The summed E-state index contributed by atoms with van der Waals surface area (Å²) in [5.74, 6) is 0.798. The predicted octanol–water partition coefficient (Wildman–Crippen LogP) is 1.03. The molecule has 2 saturated heterocycles. The number of nitrogens with one attached hydrogen (secondary N) is 1.